The number of hydrogen-bond donors (Lipinski definition) is 0. The minimum Gasteiger partial charge on any atom is -0.359 e. The number of carbonyl (C=O) groups excluding carboxylic acids is 1. The highest BCUT2D eigenvalue weighted by atomic mass is 19.4. The lowest BCUT2D eigenvalue weighted by molar-refractivity contribution is -0.137. The summed E-state index contributed by atoms with van der Waals surface area (Å²) < 4.78 is 69.2. The van der Waals surface area contributed by atoms with Crippen molar-refractivity contribution in [1.29, 1.82) is 0 Å². The van der Waals surface area contributed by atoms with Crippen LogP contribution in [0.25, 0.3) is 5.95 Å². The lowest BCUT2D eigenvalue weighted by Crippen LogP contribution is -2.56. The quantitative estimate of drug-likeness (QED) is 0.447. The molecule has 1 amide bonds. The summed E-state index contributed by atoms with van der Waals surface area (Å²) in [6.45, 7) is 0.596. The Bertz CT molecular complexity index is 1250. The Morgan fingerprint density at radius 2 is 1.83 bits per heavy atom. The zero-order valence-electron chi connectivity index (χ0n) is 19.2. The van der Waals surface area contributed by atoms with Gasteiger partial charge >= 0.3 is 6.18 Å². The summed E-state index contributed by atoms with van der Waals surface area (Å²) in [5.74, 6) is -2.85. The van der Waals surface area contributed by atoms with Gasteiger partial charge in [-0.25, -0.2) is 23.7 Å². The van der Waals surface area contributed by atoms with E-state index in [1.807, 2.05) is 0 Å². The van der Waals surface area contributed by atoms with Crippen LogP contribution in [0.15, 0.2) is 43.0 Å². The van der Waals surface area contributed by atoms with E-state index >= 15 is 0 Å². The van der Waals surface area contributed by atoms with Crippen molar-refractivity contribution in [3.63, 3.8) is 0 Å². The number of anilines is 1. The van der Waals surface area contributed by atoms with Crippen molar-refractivity contribution in [2.45, 2.75) is 37.9 Å². The molecule has 1 aliphatic heterocycles. The highest BCUT2D eigenvalue weighted by Gasteiger charge is 2.45. The predicted octanol–water partition coefficient (Wildman–Crippen LogP) is 4.14. The SMILES string of the molecule is CC(c1ncnn1-c1ncccn1)N(CC1CC1)C(=O)c1cc(N2CC(F)(F)C2)cc(C(F)(F)F)c1. The van der Waals surface area contributed by atoms with Crippen LogP contribution in [0.5, 0.6) is 0 Å². The molecule has 1 saturated heterocycles. The second kappa shape index (κ2) is 8.79. The number of nitrogens with zero attached hydrogens (tertiary/aromatic N) is 7. The molecule has 2 fully saturated rings. The summed E-state index contributed by atoms with van der Waals surface area (Å²) in [6.07, 6.45) is 1.36. The van der Waals surface area contributed by atoms with Gasteiger partial charge in [0.25, 0.3) is 17.8 Å². The third-order valence-corrected chi connectivity index (χ3v) is 6.27. The van der Waals surface area contributed by atoms with Crippen LogP contribution in [0.2, 0.25) is 0 Å². The highest BCUT2D eigenvalue weighted by molar-refractivity contribution is 5.96. The molecule has 2 aromatic heterocycles. The Kier molecular flexibility index (Phi) is 5.87. The second-order valence-electron chi connectivity index (χ2n) is 9.13. The maximum absolute atomic E-state index is 13.7. The maximum atomic E-state index is 13.7. The van der Waals surface area contributed by atoms with Crippen molar-refractivity contribution in [2.24, 2.45) is 5.92 Å². The fourth-order valence-corrected chi connectivity index (χ4v) is 4.17. The Morgan fingerprint density at radius 3 is 2.44 bits per heavy atom. The van der Waals surface area contributed by atoms with E-state index in [0.717, 1.165) is 29.9 Å². The number of hydrogen-bond acceptors (Lipinski definition) is 6. The van der Waals surface area contributed by atoms with E-state index in [0.29, 0.717) is 12.4 Å². The summed E-state index contributed by atoms with van der Waals surface area (Å²) in [5.41, 5.74) is -1.37. The number of halogens is 5. The number of alkyl halides is 5. The van der Waals surface area contributed by atoms with Gasteiger partial charge in [0.15, 0.2) is 5.82 Å². The van der Waals surface area contributed by atoms with Crippen molar-refractivity contribution >= 4 is 11.6 Å². The van der Waals surface area contributed by atoms with Gasteiger partial charge in [-0.2, -0.15) is 23.0 Å². The highest BCUT2D eigenvalue weighted by Crippen LogP contribution is 2.39. The molecule has 3 aromatic rings. The van der Waals surface area contributed by atoms with Gasteiger partial charge in [-0.3, -0.25) is 4.79 Å². The predicted molar refractivity (Wildman–Crippen MR) is 118 cm³/mol. The molecule has 0 bridgehead atoms. The lowest BCUT2D eigenvalue weighted by atomic mass is 10.0. The van der Waals surface area contributed by atoms with Crippen molar-refractivity contribution in [2.75, 3.05) is 24.5 Å². The summed E-state index contributed by atoms with van der Waals surface area (Å²) in [6, 6.07) is 3.75. The van der Waals surface area contributed by atoms with Crippen LogP contribution in [0.1, 0.15) is 47.6 Å². The molecule has 8 nitrogen and oxygen atoms in total. The third kappa shape index (κ3) is 4.86. The van der Waals surface area contributed by atoms with Gasteiger partial charge in [0.2, 0.25) is 0 Å². The van der Waals surface area contributed by atoms with E-state index in [2.05, 4.69) is 20.1 Å². The molecule has 190 valence electrons. The normalized spacial score (nSPS) is 18.0. The smallest absolute Gasteiger partial charge is 0.359 e. The average Bonchev–Trinajstić information content (AvgIpc) is 3.52. The van der Waals surface area contributed by atoms with E-state index in [1.165, 1.54) is 34.4 Å². The minimum atomic E-state index is -4.75. The van der Waals surface area contributed by atoms with Crippen molar-refractivity contribution in [3.8, 4) is 5.95 Å². The zero-order valence-corrected chi connectivity index (χ0v) is 19.2. The Morgan fingerprint density at radius 1 is 1.14 bits per heavy atom. The first kappa shape index (κ1) is 24.1. The molecule has 36 heavy (non-hydrogen) atoms. The molecule has 1 aliphatic carbocycles. The van der Waals surface area contributed by atoms with Gasteiger partial charge in [0, 0.05) is 30.2 Å². The molecule has 0 N–H and O–H groups in total. The first-order valence-electron chi connectivity index (χ1n) is 11.4. The lowest BCUT2D eigenvalue weighted by Gasteiger charge is -2.41. The molecule has 1 unspecified atom stereocenters. The number of benzene rings is 1. The van der Waals surface area contributed by atoms with E-state index in [9.17, 15) is 26.7 Å². The molecule has 1 atom stereocenters. The van der Waals surface area contributed by atoms with Crippen molar-refractivity contribution in [3.05, 3.63) is 59.9 Å². The van der Waals surface area contributed by atoms with Gasteiger partial charge in [-0.15, -0.1) is 0 Å². The largest absolute Gasteiger partial charge is 0.416 e. The zero-order chi connectivity index (χ0) is 25.7. The fourth-order valence-electron chi connectivity index (χ4n) is 4.17. The van der Waals surface area contributed by atoms with Crippen LogP contribution >= 0.6 is 0 Å². The molecular formula is C23H22F5N7O. The topological polar surface area (TPSA) is 80.0 Å². The minimum absolute atomic E-state index is 0.0704. The third-order valence-electron chi connectivity index (χ3n) is 6.27. The first-order valence-corrected chi connectivity index (χ1v) is 11.4. The molecule has 1 aromatic carbocycles. The van der Waals surface area contributed by atoms with E-state index < -0.39 is 42.7 Å². The Labute approximate surface area is 202 Å². The molecular weight excluding hydrogens is 485 g/mol. The summed E-state index contributed by atoms with van der Waals surface area (Å²) in [5, 5.41) is 4.15. The first-order chi connectivity index (χ1) is 17.0. The van der Waals surface area contributed by atoms with Crippen LogP contribution in [-0.4, -0.2) is 61.1 Å². The van der Waals surface area contributed by atoms with E-state index in [1.54, 1.807) is 13.0 Å². The van der Waals surface area contributed by atoms with E-state index in [-0.39, 0.29) is 23.1 Å². The number of aromatic nitrogens is 5. The molecule has 13 heteroatoms. The maximum Gasteiger partial charge on any atom is 0.416 e. The average molecular weight is 507 g/mol. The van der Waals surface area contributed by atoms with Gasteiger partial charge in [0.05, 0.1) is 24.7 Å². The van der Waals surface area contributed by atoms with Crippen LogP contribution in [-0.2, 0) is 6.18 Å². The fraction of sp³-hybridized carbons (Fsp3) is 0.435. The van der Waals surface area contributed by atoms with Gasteiger partial charge in [-0.05, 0) is 49.9 Å². The molecule has 0 spiro atoms. The molecule has 3 heterocycles. The molecule has 1 saturated carbocycles. The van der Waals surface area contributed by atoms with Crippen LogP contribution < -0.4 is 4.90 Å². The number of rotatable bonds is 7. The summed E-state index contributed by atoms with van der Waals surface area (Å²) in [4.78, 5) is 28.8. The summed E-state index contributed by atoms with van der Waals surface area (Å²) in [7, 11) is 0. The Hall–Kier alpha value is -3.64. The summed E-state index contributed by atoms with van der Waals surface area (Å²) >= 11 is 0. The number of carbonyl (C=O) groups is 1. The van der Waals surface area contributed by atoms with Crippen molar-refractivity contribution in [1.82, 2.24) is 29.6 Å². The molecule has 5 rings (SSSR count). The van der Waals surface area contributed by atoms with Gasteiger partial charge in [0.1, 0.15) is 6.33 Å². The molecule has 2 aliphatic rings. The van der Waals surface area contributed by atoms with E-state index in [4.69, 9.17) is 0 Å². The van der Waals surface area contributed by atoms with Gasteiger partial charge < -0.3 is 9.80 Å². The second-order valence-corrected chi connectivity index (χ2v) is 9.13. The standard InChI is InChI=1S/C23H22F5N7O/c1-14(19-31-13-32-35(19)21-29-5-2-6-30-21)34(10-15-3-4-15)20(36)16-7-17(23(26,27)28)9-18(8-16)33-11-22(24,25)12-33/h2,5-9,13-15H,3-4,10-12H2,1H3. The van der Waals surface area contributed by atoms with Crippen molar-refractivity contribution < 1.29 is 26.7 Å². The van der Waals surface area contributed by atoms with Crippen LogP contribution in [0.4, 0.5) is 27.6 Å². The monoisotopic (exact) mass is 507 g/mol. The van der Waals surface area contributed by atoms with Gasteiger partial charge in [-0.1, -0.05) is 0 Å². The number of amides is 1. The van der Waals surface area contributed by atoms with Crippen LogP contribution in [0, 0.1) is 5.92 Å². The molecule has 0 radical (unpaired) electrons. The van der Waals surface area contributed by atoms with Crippen LogP contribution in [0.3, 0.4) is 0 Å². The Balaban J connectivity index is 1.50.